The highest BCUT2D eigenvalue weighted by atomic mass is 32.1. The lowest BCUT2D eigenvalue weighted by Crippen LogP contribution is -2.29. The lowest BCUT2D eigenvalue weighted by molar-refractivity contribution is -0.120. The molecule has 4 rings (SSSR count). The van der Waals surface area contributed by atoms with Crippen molar-refractivity contribution in [3.63, 3.8) is 0 Å². The van der Waals surface area contributed by atoms with Crippen LogP contribution < -0.4 is 5.32 Å². The van der Waals surface area contributed by atoms with Gasteiger partial charge in [0.2, 0.25) is 5.91 Å². The molecule has 0 aliphatic heterocycles. The Morgan fingerprint density at radius 2 is 1.84 bits per heavy atom. The fourth-order valence-electron chi connectivity index (χ4n) is 3.05. The van der Waals surface area contributed by atoms with E-state index in [1.54, 1.807) is 22.7 Å². The molecular weight excluding hydrogens is 346 g/mol. The van der Waals surface area contributed by atoms with Crippen LogP contribution in [-0.2, 0) is 11.2 Å². The van der Waals surface area contributed by atoms with Crippen LogP contribution in [0.3, 0.4) is 0 Å². The summed E-state index contributed by atoms with van der Waals surface area (Å²) in [6.45, 7) is 0. The second-order valence-electron chi connectivity index (χ2n) is 5.89. The number of hydrogen-bond donors (Lipinski definition) is 1. The van der Waals surface area contributed by atoms with Gasteiger partial charge in [-0.1, -0.05) is 48.5 Å². The predicted octanol–water partition coefficient (Wildman–Crippen LogP) is 5.41. The highest BCUT2D eigenvalue weighted by molar-refractivity contribution is 7.10. The Balaban J connectivity index is 1.58. The summed E-state index contributed by atoms with van der Waals surface area (Å²) in [5.74, 6) is 0.0425. The topological polar surface area (TPSA) is 29.1 Å². The predicted molar refractivity (Wildman–Crippen MR) is 106 cm³/mol. The molecule has 1 amide bonds. The van der Waals surface area contributed by atoms with Crippen LogP contribution in [0.25, 0.3) is 10.8 Å². The highest BCUT2D eigenvalue weighted by Gasteiger charge is 2.18. The zero-order valence-electron chi connectivity index (χ0n) is 13.5. The van der Waals surface area contributed by atoms with E-state index in [4.69, 9.17) is 0 Å². The first kappa shape index (κ1) is 16.1. The van der Waals surface area contributed by atoms with Gasteiger partial charge in [0.25, 0.3) is 0 Å². The van der Waals surface area contributed by atoms with Gasteiger partial charge in [-0.15, -0.1) is 11.3 Å². The Kier molecular flexibility index (Phi) is 4.63. The Hall–Kier alpha value is -2.43. The van der Waals surface area contributed by atoms with Crippen molar-refractivity contribution in [2.24, 2.45) is 0 Å². The molecule has 0 aliphatic carbocycles. The summed E-state index contributed by atoms with van der Waals surface area (Å²) in [7, 11) is 0. The van der Waals surface area contributed by atoms with E-state index in [-0.39, 0.29) is 11.9 Å². The van der Waals surface area contributed by atoms with Crippen LogP contribution in [0.5, 0.6) is 0 Å². The number of amides is 1. The van der Waals surface area contributed by atoms with Crippen LogP contribution in [0.2, 0.25) is 0 Å². The molecule has 0 unspecified atom stereocenters. The lowest BCUT2D eigenvalue weighted by atomic mass is 10.0. The van der Waals surface area contributed by atoms with Crippen LogP contribution in [0.4, 0.5) is 0 Å². The normalized spacial score (nSPS) is 12.2. The molecule has 1 atom stereocenters. The fourth-order valence-corrected chi connectivity index (χ4v) is 4.53. The molecule has 2 aromatic carbocycles. The third kappa shape index (κ3) is 3.50. The van der Waals surface area contributed by atoms with Crippen molar-refractivity contribution < 1.29 is 4.79 Å². The second-order valence-corrected chi connectivity index (χ2v) is 7.65. The molecule has 0 aliphatic rings. The number of carbonyl (C=O) groups excluding carboxylic acids is 1. The van der Waals surface area contributed by atoms with Crippen LogP contribution in [0, 0.1) is 0 Å². The highest BCUT2D eigenvalue weighted by Crippen LogP contribution is 2.28. The molecule has 0 saturated heterocycles. The van der Waals surface area contributed by atoms with E-state index < -0.39 is 0 Å². The summed E-state index contributed by atoms with van der Waals surface area (Å²) in [5, 5.41) is 11.7. The zero-order valence-corrected chi connectivity index (χ0v) is 15.1. The number of hydrogen-bond acceptors (Lipinski definition) is 3. The van der Waals surface area contributed by atoms with Crippen molar-refractivity contribution >= 4 is 39.4 Å². The Labute approximate surface area is 154 Å². The molecule has 2 aromatic heterocycles. The summed E-state index contributed by atoms with van der Waals surface area (Å²) >= 11 is 3.32. The van der Waals surface area contributed by atoms with Crippen molar-refractivity contribution in [3.05, 3.63) is 92.8 Å². The van der Waals surface area contributed by atoms with Gasteiger partial charge in [-0.2, -0.15) is 11.3 Å². The molecule has 124 valence electrons. The van der Waals surface area contributed by atoms with Crippen molar-refractivity contribution in [3.8, 4) is 0 Å². The summed E-state index contributed by atoms with van der Waals surface area (Å²) in [6, 6.07) is 20.4. The number of fused-ring (bicyclic) bond motifs is 1. The standard InChI is InChI=1S/C21H17NOS2/c23-20(13-16-7-3-6-15-5-1-2-8-18(15)16)22-21(17-10-12-24-14-17)19-9-4-11-25-19/h1-12,14,21H,13H2,(H,22,23)/t21-/m0/s1. The molecule has 0 fully saturated rings. The van der Waals surface area contributed by atoms with E-state index in [0.717, 1.165) is 21.4 Å². The Bertz CT molecular complexity index is 935. The zero-order chi connectivity index (χ0) is 17.1. The third-order valence-electron chi connectivity index (χ3n) is 4.24. The van der Waals surface area contributed by atoms with Gasteiger partial charge in [0, 0.05) is 4.88 Å². The average molecular weight is 364 g/mol. The minimum atomic E-state index is -0.0753. The molecule has 0 spiro atoms. The van der Waals surface area contributed by atoms with Crippen LogP contribution in [0.1, 0.15) is 22.0 Å². The average Bonchev–Trinajstić information content (AvgIpc) is 3.34. The van der Waals surface area contributed by atoms with Gasteiger partial charge in [0.05, 0.1) is 12.5 Å². The summed E-state index contributed by atoms with van der Waals surface area (Å²) < 4.78 is 0. The SMILES string of the molecule is O=C(Cc1cccc2ccccc12)N[C@@H](c1ccsc1)c1cccs1. The molecular formula is C21H17NOS2. The first-order valence-electron chi connectivity index (χ1n) is 8.13. The molecule has 0 bridgehead atoms. The van der Waals surface area contributed by atoms with Crippen molar-refractivity contribution in [2.75, 3.05) is 0 Å². The maximum absolute atomic E-state index is 12.8. The molecule has 0 radical (unpaired) electrons. The monoisotopic (exact) mass is 363 g/mol. The van der Waals surface area contributed by atoms with Gasteiger partial charge in [-0.05, 0) is 50.2 Å². The minimum Gasteiger partial charge on any atom is -0.344 e. The number of rotatable bonds is 5. The molecule has 4 heteroatoms. The quantitative estimate of drug-likeness (QED) is 0.504. The van der Waals surface area contributed by atoms with E-state index in [2.05, 4.69) is 41.0 Å². The molecule has 1 N–H and O–H groups in total. The second kappa shape index (κ2) is 7.21. The van der Waals surface area contributed by atoms with Crippen LogP contribution >= 0.6 is 22.7 Å². The first-order chi connectivity index (χ1) is 12.3. The van der Waals surface area contributed by atoms with Gasteiger partial charge in [-0.25, -0.2) is 0 Å². The largest absolute Gasteiger partial charge is 0.344 e. The van der Waals surface area contributed by atoms with E-state index in [0.29, 0.717) is 6.42 Å². The maximum Gasteiger partial charge on any atom is 0.225 e. The third-order valence-corrected chi connectivity index (χ3v) is 5.88. The first-order valence-corrected chi connectivity index (χ1v) is 9.95. The van der Waals surface area contributed by atoms with Gasteiger partial charge in [-0.3, -0.25) is 4.79 Å². The summed E-state index contributed by atoms with van der Waals surface area (Å²) in [5.41, 5.74) is 2.20. The summed E-state index contributed by atoms with van der Waals surface area (Å²) in [6.07, 6.45) is 0.382. The van der Waals surface area contributed by atoms with Crippen molar-refractivity contribution in [1.29, 1.82) is 0 Å². The fraction of sp³-hybridized carbons (Fsp3) is 0.0952. The maximum atomic E-state index is 12.8. The van der Waals surface area contributed by atoms with Crippen molar-refractivity contribution in [2.45, 2.75) is 12.5 Å². The van der Waals surface area contributed by atoms with E-state index in [1.807, 2.05) is 41.1 Å². The molecule has 2 nitrogen and oxygen atoms in total. The van der Waals surface area contributed by atoms with E-state index >= 15 is 0 Å². The van der Waals surface area contributed by atoms with Crippen LogP contribution in [-0.4, -0.2) is 5.91 Å². The Morgan fingerprint density at radius 3 is 2.64 bits per heavy atom. The van der Waals surface area contributed by atoms with Gasteiger partial charge < -0.3 is 5.32 Å². The van der Waals surface area contributed by atoms with E-state index in [9.17, 15) is 4.79 Å². The number of thiophene rings is 2. The summed E-state index contributed by atoms with van der Waals surface area (Å²) in [4.78, 5) is 13.9. The van der Waals surface area contributed by atoms with Crippen molar-refractivity contribution in [1.82, 2.24) is 5.32 Å². The lowest BCUT2D eigenvalue weighted by Gasteiger charge is -2.17. The van der Waals surface area contributed by atoms with Crippen LogP contribution in [0.15, 0.2) is 76.8 Å². The molecule has 4 aromatic rings. The van der Waals surface area contributed by atoms with Gasteiger partial charge in [0.1, 0.15) is 0 Å². The van der Waals surface area contributed by atoms with E-state index in [1.165, 1.54) is 5.39 Å². The minimum absolute atomic E-state index is 0.0425. The molecule has 25 heavy (non-hydrogen) atoms. The van der Waals surface area contributed by atoms with Gasteiger partial charge in [0.15, 0.2) is 0 Å². The van der Waals surface area contributed by atoms with Gasteiger partial charge >= 0.3 is 0 Å². The molecule has 0 saturated carbocycles. The number of carbonyl (C=O) groups is 1. The molecule has 2 heterocycles. The Morgan fingerprint density at radius 1 is 0.960 bits per heavy atom. The number of nitrogens with one attached hydrogen (secondary N) is 1. The smallest absolute Gasteiger partial charge is 0.225 e. The number of benzene rings is 2.